The molecule has 2 aromatic rings. The Kier molecular flexibility index (Phi) is 6.94. The van der Waals surface area contributed by atoms with Crippen molar-refractivity contribution >= 4 is 5.91 Å². The Bertz CT molecular complexity index is 624. The van der Waals surface area contributed by atoms with E-state index < -0.39 is 5.92 Å². The Morgan fingerprint density at radius 3 is 2.42 bits per heavy atom. The first-order chi connectivity index (χ1) is 11.6. The molecule has 0 radical (unpaired) electrons. The predicted molar refractivity (Wildman–Crippen MR) is 96.1 cm³/mol. The molecule has 24 heavy (non-hydrogen) atoms. The molecule has 128 valence electrons. The minimum absolute atomic E-state index is 0.0258. The summed E-state index contributed by atoms with van der Waals surface area (Å²) in [6.07, 6.45) is 2.52. The maximum atomic E-state index is 12.7. The van der Waals surface area contributed by atoms with Crippen molar-refractivity contribution in [1.29, 1.82) is 0 Å². The van der Waals surface area contributed by atoms with Crippen LogP contribution in [0.2, 0.25) is 0 Å². The second kappa shape index (κ2) is 9.18. The van der Waals surface area contributed by atoms with Gasteiger partial charge in [0.15, 0.2) is 0 Å². The Morgan fingerprint density at radius 2 is 1.83 bits per heavy atom. The lowest BCUT2D eigenvalue weighted by Crippen LogP contribution is -2.31. The SMILES string of the molecule is COCCCNC(=O)C(c1ccc(C(C)C)cc1)c1ccccn1. The van der Waals surface area contributed by atoms with Crippen LogP contribution in [0.25, 0.3) is 0 Å². The van der Waals surface area contributed by atoms with E-state index in [-0.39, 0.29) is 5.91 Å². The van der Waals surface area contributed by atoms with Gasteiger partial charge in [-0.1, -0.05) is 44.2 Å². The summed E-state index contributed by atoms with van der Waals surface area (Å²) >= 11 is 0. The van der Waals surface area contributed by atoms with E-state index in [9.17, 15) is 4.79 Å². The van der Waals surface area contributed by atoms with Crippen molar-refractivity contribution in [1.82, 2.24) is 10.3 Å². The van der Waals surface area contributed by atoms with Gasteiger partial charge in [0.1, 0.15) is 5.92 Å². The standard InChI is InChI=1S/C20H26N2O2/c1-15(2)16-8-10-17(11-9-16)19(18-7-4-5-12-21-18)20(23)22-13-6-14-24-3/h4-5,7-12,15,19H,6,13-14H2,1-3H3,(H,22,23). The first-order valence-corrected chi connectivity index (χ1v) is 8.41. The van der Waals surface area contributed by atoms with Gasteiger partial charge in [0.25, 0.3) is 0 Å². The summed E-state index contributed by atoms with van der Waals surface area (Å²) in [6, 6.07) is 13.9. The zero-order chi connectivity index (χ0) is 17.4. The van der Waals surface area contributed by atoms with Crippen molar-refractivity contribution in [3.05, 3.63) is 65.5 Å². The number of hydrogen-bond acceptors (Lipinski definition) is 3. The number of benzene rings is 1. The fourth-order valence-electron chi connectivity index (χ4n) is 2.61. The van der Waals surface area contributed by atoms with Crippen molar-refractivity contribution in [2.45, 2.75) is 32.1 Å². The third kappa shape index (κ3) is 4.90. The molecular formula is C20H26N2O2. The largest absolute Gasteiger partial charge is 0.385 e. The smallest absolute Gasteiger partial charge is 0.233 e. The zero-order valence-corrected chi connectivity index (χ0v) is 14.7. The van der Waals surface area contributed by atoms with Gasteiger partial charge in [0.2, 0.25) is 5.91 Å². The molecule has 0 aliphatic carbocycles. The highest BCUT2D eigenvalue weighted by Gasteiger charge is 2.23. The molecule has 0 aliphatic rings. The lowest BCUT2D eigenvalue weighted by molar-refractivity contribution is -0.121. The van der Waals surface area contributed by atoms with Gasteiger partial charge in [0, 0.05) is 26.5 Å². The lowest BCUT2D eigenvalue weighted by Gasteiger charge is -2.18. The highest BCUT2D eigenvalue weighted by atomic mass is 16.5. The summed E-state index contributed by atoms with van der Waals surface area (Å²) < 4.78 is 5.03. The first kappa shape index (κ1) is 18.1. The zero-order valence-electron chi connectivity index (χ0n) is 14.7. The monoisotopic (exact) mass is 326 g/mol. The van der Waals surface area contributed by atoms with Crippen molar-refractivity contribution < 1.29 is 9.53 Å². The topological polar surface area (TPSA) is 51.2 Å². The summed E-state index contributed by atoms with van der Waals surface area (Å²) in [5.74, 6) is 0.0484. The summed E-state index contributed by atoms with van der Waals surface area (Å²) in [6.45, 7) is 5.55. The number of nitrogens with zero attached hydrogens (tertiary/aromatic N) is 1. The number of amides is 1. The third-order valence-electron chi connectivity index (χ3n) is 4.01. The van der Waals surface area contributed by atoms with Crippen LogP contribution in [0.3, 0.4) is 0 Å². The van der Waals surface area contributed by atoms with E-state index in [4.69, 9.17) is 4.74 Å². The number of aromatic nitrogens is 1. The van der Waals surface area contributed by atoms with Crippen LogP contribution in [0.15, 0.2) is 48.7 Å². The Morgan fingerprint density at radius 1 is 1.12 bits per heavy atom. The number of pyridine rings is 1. The minimum atomic E-state index is -0.394. The number of ether oxygens (including phenoxy) is 1. The van der Waals surface area contributed by atoms with Gasteiger partial charge < -0.3 is 10.1 Å². The highest BCUT2D eigenvalue weighted by Crippen LogP contribution is 2.25. The summed E-state index contributed by atoms with van der Waals surface area (Å²) in [7, 11) is 1.66. The van der Waals surface area contributed by atoms with Crippen LogP contribution < -0.4 is 5.32 Å². The molecule has 0 bridgehead atoms. The predicted octanol–water partition coefficient (Wildman–Crippen LogP) is 3.49. The normalized spacial score (nSPS) is 12.2. The van der Waals surface area contributed by atoms with Crippen LogP contribution in [0, 0.1) is 0 Å². The number of rotatable bonds is 8. The molecule has 0 saturated carbocycles. The first-order valence-electron chi connectivity index (χ1n) is 8.41. The summed E-state index contributed by atoms with van der Waals surface area (Å²) in [5.41, 5.74) is 2.99. The van der Waals surface area contributed by atoms with Gasteiger partial charge in [-0.05, 0) is 35.6 Å². The van der Waals surface area contributed by atoms with Crippen molar-refractivity contribution in [3.63, 3.8) is 0 Å². The fourth-order valence-corrected chi connectivity index (χ4v) is 2.61. The molecule has 4 heteroatoms. The molecule has 1 aromatic heterocycles. The highest BCUT2D eigenvalue weighted by molar-refractivity contribution is 5.86. The van der Waals surface area contributed by atoms with Gasteiger partial charge in [0.05, 0.1) is 5.69 Å². The Labute approximate surface area is 144 Å². The van der Waals surface area contributed by atoms with Crippen LogP contribution >= 0.6 is 0 Å². The maximum absolute atomic E-state index is 12.7. The van der Waals surface area contributed by atoms with Crippen molar-refractivity contribution in [2.75, 3.05) is 20.3 Å². The molecule has 1 heterocycles. The van der Waals surface area contributed by atoms with E-state index in [1.54, 1.807) is 13.3 Å². The molecule has 4 nitrogen and oxygen atoms in total. The van der Waals surface area contributed by atoms with E-state index in [0.29, 0.717) is 19.1 Å². The molecule has 0 spiro atoms. The van der Waals surface area contributed by atoms with Gasteiger partial charge >= 0.3 is 0 Å². The van der Waals surface area contributed by atoms with E-state index >= 15 is 0 Å². The van der Waals surface area contributed by atoms with Crippen LogP contribution in [0.1, 0.15) is 48.9 Å². The van der Waals surface area contributed by atoms with Gasteiger partial charge in [-0.3, -0.25) is 9.78 Å². The Balaban J connectivity index is 2.21. The molecule has 1 unspecified atom stereocenters. The van der Waals surface area contributed by atoms with E-state index in [1.807, 2.05) is 30.3 Å². The molecule has 1 atom stereocenters. The average Bonchev–Trinajstić information content (AvgIpc) is 2.60. The Hall–Kier alpha value is -2.20. The number of hydrogen-bond donors (Lipinski definition) is 1. The molecule has 0 fully saturated rings. The van der Waals surface area contributed by atoms with Crippen LogP contribution in [-0.2, 0) is 9.53 Å². The number of nitrogens with one attached hydrogen (secondary N) is 1. The third-order valence-corrected chi connectivity index (χ3v) is 4.01. The van der Waals surface area contributed by atoms with E-state index in [1.165, 1.54) is 5.56 Å². The van der Waals surface area contributed by atoms with Gasteiger partial charge in [-0.15, -0.1) is 0 Å². The lowest BCUT2D eigenvalue weighted by atomic mass is 9.91. The van der Waals surface area contributed by atoms with Crippen LogP contribution in [0.5, 0.6) is 0 Å². The molecule has 0 saturated heterocycles. The van der Waals surface area contributed by atoms with Gasteiger partial charge in [-0.2, -0.15) is 0 Å². The van der Waals surface area contributed by atoms with Crippen molar-refractivity contribution in [2.24, 2.45) is 0 Å². The molecule has 1 N–H and O–H groups in total. The molecule has 1 aromatic carbocycles. The molecular weight excluding hydrogens is 300 g/mol. The van der Waals surface area contributed by atoms with Crippen LogP contribution in [-0.4, -0.2) is 31.2 Å². The molecule has 0 aliphatic heterocycles. The number of carbonyl (C=O) groups is 1. The second-order valence-corrected chi connectivity index (χ2v) is 6.15. The van der Waals surface area contributed by atoms with Crippen LogP contribution in [0.4, 0.5) is 0 Å². The number of carbonyl (C=O) groups excluding carboxylic acids is 1. The molecule has 2 rings (SSSR count). The van der Waals surface area contributed by atoms with Crippen molar-refractivity contribution in [3.8, 4) is 0 Å². The summed E-state index contributed by atoms with van der Waals surface area (Å²) in [5, 5.41) is 2.99. The summed E-state index contributed by atoms with van der Waals surface area (Å²) in [4.78, 5) is 17.1. The number of methoxy groups -OCH3 is 1. The average molecular weight is 326 g/mol. The van der Waals surface area contributed by atoms with E-state index in [2.05, 4.69) is 36.3 Å². The maximum Gasteiger partial charge on any atom is 0.233 e. The van der Waals surface area contributed by atoms with E-state index in [0.717, 1.165) is 17.7 Å². The second-order valence-electron chi connectivity index (χ2n) is 6.15. The quantitative estimate of drug-likeness (QED) is 0.756. The minimum Gasteiger partial charge on any atom is -0.385 e. The van der Waals surface area contributed by atoms with Gasteiger partial charge in [-0.25, -0.2) is 0 Å². The fraction of sp³-hybridized carbons (Fsp3) is 0.400. The molecule has 1 amide bonds.